The molecule has 2 fully saturated rings. The second-order valence-electron chi connectivity index (χ2n) is 6.20. The van der Waals surface area contributed by atoms with Crippen LogP contribution in [0.3, 0.4) is 0 Å². The molecule has 2 aliphatic rings. The Balaban J connectivity index is 1.76. The predicted molar refractivity (Wildman–Crippen MR) is 81.1 cm³/mol. The Morgan fingerprint density at radius 1 is 1.14 bits per heavy atom. The molecule has 3 rings (SSSR count). The SMILES string of the molecule is O=C(O)c1cccc(C(=O)N2CCOC3(CCCCC3)C2)c1. The highest BCUT2D eigenvalue weighted by molar-refractivity contribution is 5.97. The monoisotopic (exact) mass is 303 g/mol. The van der Waals surface area contributed by atoms with Gasteiger partial charge in [0.05, 0.1) is 24.3 Å². The Kier molecular flexibility index (Phi) is 4.16. The number of carbonyl (C=O) groups is 2. The number of hydrogen-bond acceptors (Lipinski definition) is 3. The van der Waals surface area contributed by atoms with E-state index < -0.39 is 5.97 Å². The fraction of sp³-hybridized carbons (Fsp3) is 0.529. The van der Waals surface area contributed by atoms with Gasteiger partial charge in [0.1, 0.15) is 0 Å². The first-order valence-electron chi connectivity index (χ1n) is 7.86. The van der Waals surface area contributed by atoms with Crippen molar-refractivity contribution in [1.29, 1.82) is 0 Å². The molecule has 5 heteroatoms. The van der Waals surface area contributed by atoms with Crippen molar-refractivity contribution >= 4 is 11.9 Å². The van der Waals surface area contributed by atoms with E-state index in [-0.39, 0.29) is 17.1 Å². The van der Waals surface area contributed by atoms with Crippen molar-refractivity contribution in [2.45, 2.75) is 37.7 Å². The third kappa shape index (κ3) is 2.99. The lowest BCUT2D eigenvalue weighted by atomic mass is 9.83. The third-order valence-electron chi connectivity index (χ3n) is 4.66. The maximum absolute atomic E-state index is 12.7. The molecule has 1 heterocycles. The summed E-state index contributed by atoms with van der Waals surface area (Å²) >= 11 is 0. The van der Waals surface area contributed by atoms with Gasteiger partial charge in [-0.15, -0.1) is 0 Å². The molecule has 1 aromatic rings. The van der Waals surface area contributed by atoms with Crippen LogP contribution in [0.1, 0.15) is 52.8 Å². The van der Waals surface area contributed by atoms with Gasteiger partial charge in [0.2, 0.25) is 0 Å². The maximum atomic E-state index is 12.7. The van der Waals surface area contributed by atoms with E-state index in [1.54, 1.807) is 12.1 Å². The van der Waals surface area contributed by atoms with Crippen LogP contribution in [0.25, 0.3) is 0 Å². The van der Waals surface area contributed by atoms with Gasteiger partial charge < -0.3 is 14.7 Å². The lowest BCUT2D eigenvalue weighted by Crippen LogP contribution is -2.54. The fourth-order valence-electron chi connectivity index (χ4n) is 3.48. The van der Waals surface area contributed by atoms with Crippen LogP contribution in [0.15, 0.2) is 24.3 Å². The van der Waals surface area contributed by atoms with Crippen LogP contribution in [-0.4, -0.2) is 47.2 Å². The molecular formula is C17H21NO4. The molecule has 0 aromatic heterocycles. The number of carbonyl (C=O) groups excluding carboxylic acids is 1. The van der Waals surface area contributed by atoms with Gasteiger partial charge in [-0.3, -0.25) is 4.79 Å². The number of nitrogens with zero attached hydrogens (tertiary/aromatic N) is 1. The number of morpholine rings is 1. The number of amides is 1. The molecule has 118 valence electrons. The molecule has 1 aliphatic carbocycles. The normalized spacial score (nSPS) is 20.8. The van der Waals surface area contributed by atoms with Crippen molar-refractivity contribution in [3.8, 4) is 0 Å². The maximum Gasteiger partial charge on any atom is 0.335 e. The number of carboxylic acids is 1. The summed E-state index contributed by atoms with van der Waals surface area (Å²) in [5.74, 6) is -1.11. The number of carboxylic acid groups (broad SMARTS) is 1. The quantitative estimate of drug-likeness (QED) is 0.912. The molecule has 0 atom stereocenters. The summed E-state index contributed by atoms with van der Waals surface area (Å²) in [5.41, 5.74) is 0.399. The summed E-state index contributed by atoms with van der Waals surface area (Å²) in [5, 5.41) is 9.06. The standard InChI is InChI=1S/C17H21NO4/c19-15(13-5-4-6-14(11-13)16(20)21)18-9-10-22-17(12-18)7-2-1-3-8-17/h4-6,11H,1-3,7-10,12H2,(H,20,21). The lowest BCUT2D eigenvalue weighted by molar-refractivity contribution is -0.117. The van der Waals surface area contributed by atoms with Gasteiger partial charge in [-0.1, -0.05) is 25.3 Å². The molecule has 1 saturated carbocycles. The number of hydrogen-bond donors (Lipinski definition) is 1. The minimum atomic E-state index is -1.01. The van der Waals surface area contributed by atoms with E-state index in [1.165, 1.54) is 18.6 Å². The summed E-state index contributed by atoms with van der Waals surface area (Å²) in [6.45, 7) is 1.74. The highest BCUT2D eigenvalue weighted by Gasteiger charge is 2.39. The van der Waals surface area contributed by atoms with Crippen LogP contribution in [0.4, 0.5) is 0 Å². The van der Waals surface area contributed by atoms with Crippen LogP contribution in [0.5, 0.6) is 0 Å². The molecule has 22 heavy (non-hydrogen) atoms. The molecule has 1 aromatic carbocycles. The van der Waals surface area contributed by atoms with Crippen LogP contribution in [0.2, 0.25) is 0 Å². The molecule has 0 radical (unpaired) electrons. The largest absolute Gasteiger partial charge is 0.478 e. The summed E-state index contributed by atoms with van der Waals surface area (Å²) in [4.78, 5) is 25.5. The molecule has 0 unspecified atom stereocenters. The van der Waals surface area contributed by atoms with Gasteiger partial charge in [0, 0.05) is 12.1 Å². The van der Waals surface area contributed by atoms with E-state index in [0.717, 1.165) is 25.7 Å². The first-order valence-corrected chi connectivity index (χ1v) is 7.86. The van der Waals surface area contributed by atoms with Crippen molar-refractivity contribution < 1.29 is 19.4 Å². The molecule has 1 amide bonds. The smallest absolute Gasteiger partial charge is 0.335 e. The summed E-state index contributed by atoms with van der Waals surface area (Å²) in [7, 11) is 0. The highest BCUT2D eigenvalue weighted by Crippen LogP contribution is 2.34. The Morgan fingerprint density at radius 2 is 1.86 bits per heavy atom. The van der Waals surface area contributed by atoms with Crippen molar-refractivity contribution in [3.05, 3.63) is 35.4 Å². The van der Waals surface area contributed by atoms with E-state index in [2.05, 4.69) is 0 Å². The molecule has 1 aliphatic heterocycles. The van der Waals surface area contributed by atoms with Crippen molar-refractivity contribution in [2.24, 2.45) is 0 Å². The fourth-order valence-corrected chi connectivity index (χ4v) is 3.48. The van der Waals surface area contributed by atoms with E-state index in [9.17, 15) is 9.59 Å². The summed E-state index contributed by atoms with van der Waals surface area (Å²) < 4.78 is 6.00. The molecule has 1 N–H and O–H groups in total. The van der Waals surface area contributed by atoms with Crippen molar-refractivity contribution in [3.63, 3.8) is 0 Å². The number of benzene rings is 1. The van der Waals surface area contributed by atoms with Crippen molar-refractivity contribution in [2.75, 3.05) is 19.7 Å². The highest BCUT2D eigenvalue weighted by atomic mass is 16.5. The molecule has 0 bridgehead atoms. The first-order chi connectivity index (χ1) is 10.6. The van der Waals surface area contributed by atoms with E-state index >= 15 is 0 Å². The summed E-state index contributed by atoms with van der Waals surface area (Å²) in [6, 6.07) is 6.25. The Morgan fingerprint density at radius 3 is 2.59 bits per heavy atom. The van der Waals surface area contributed by atoms with Crippen LogP contribution < -0.4 is 0 Å². The van der Waals surface area contributed by atoms with E-state index in [4.69, 9.17) is 9.84 Å². The summed E-state index contributed by atoms with van der Waals surface area (Å²) in [6.07, 6.45) is 5.55. The Bertz CT molecular complexity index is 572. The van der Waals surface area contributed by atoms with Gasteiger partial charge in [-0.05, 0) is 31.0 Å². The third-order valence-corrected chi connectivity index (χ3v) is 4.66. The van der Waals surface area contributed by atoms with Crippen LogP contribution in [0, 0.1) is 0 Å². The zero-order valence-corrected chi connectivity index (χ0v) is 12.6. The van der Waals surface area contributed by atoms with Crippen LogP contribution in [-0.2, 0) is 4.74 Å². The molecule has 1 spiro atoms. The van der Waals surface area contributed by atoms with Gasteiger partial charge in [0.25, 0.3) is 5.91 Å². The predicted octanol–water partition coefficient (Wildman–Crippen LogP) is 2.56. The van der Waals surface area contributed by atoms with E-state index in [1.807, 2.05) is 4.90 Å². The number of ether oxygens (including phenoxy) is 1. The second-order valence-corrected chi connectivity index (χ2v) is 6.20. The topological polar surface area (TPSA) is 66.8 Å². The molecular weight excluding hydrogens is 282 g/mol. The van der Waals surface area contributed by atoms with Gasteiger partial charge in [-0.2, -0.15) is 0 Å². The van der Waals surface area contributed by atoms with Gasteiger partial charge in [0.15, 0.2) is 0 Å². The Labute approximate surface area is 129 Å². The minimum Gasteiger partial charge on any atom is -0.478 e. The van der Waals surface area contributed by atoms with Crippen LogP contribution >= 0.6 is 0 Å². The molecule has 5 nitrogen and oxygen atoms in total. The zero-order chi connectivity index (χ0) is 15.6. The second kappa shape index (κ2) is 6.08. The Hall–Kier alpha value is -1.88. The molecule has 1 saturated heterocycles. The number of aromatic carboxylic acids is 1. The minimum absolute atomic E-state index is 0.101. The van der Waals surface area contributed by atoms with E-state index in [0.29, 0.717) is 25.3 Å². The first kappa shape index (κ1) is 15.0. The number of rotatable bonds is 2. The van der Waals surface area contributed by atoms with Gasteiger partial charge >= 0.3 is 5.97 Å². The van der Waals surface area contributed by atoms with Gasteiger partial charge in [-0.25, -0.2) is 4.79 Å². The zero-order valence-electron chi connectivity index (χ0n) is 12.6. The average molecular weight is 303 g/mol. The average Bonchev–Trinajstić information content (AvgIpc) is 2.55. The van der Waals surface area contributed by atoms with Crippen molar-refractivity contribution in [1.82, 2.24) is 4.90 Å². The lowest BCUT2D eigenvalue weighted by Gasteiger charge is -2.45.